The molecule has 7 heteroatoms. The van der Waals surface area contributed by atoms with Crippen LogP contribution in [0.3, 0.4) is 0 Å². The smallest absolute Gasteiger partial charge is 0.247 e. The monoisotopic (exact) mass is 360 g/mol. The lowest BCUT2D eigenvalue weighted by Gasteiger charge is -2.38. The zero-order valence-electron chi connectivity index (χ0n) is 15.3. The lowest BCUT2D eigenvalue weighted by molar-refractivity contribution is -0.141. The van der Waals surface area contributed by atoms with E-state index in [1.165, 1.54) is 5.56 Å². The van der Waals surface area contributed by atoms with Crippen LogP contribution in [0.15, 0.2) is 24.7 Å². The van der Waals surface area contributed by atoms with Gasteiger partial charge in [-0.05, 0) is 17.5 Å². The van der Waals surface area contributed by atoms with Gasteiger partial charge in [0.2, 0.25) is 5.91 Å². The maximum atomic E-state index is 13.0. The third kappa shape index (κ3) is 2.29. The molecule has 5 rings (SSSR count). The molecule has 1 N–H and O–H groups in total. The van der Waals surface area contributed by atoms with Crippen molar-refractivity contribution < 1.29 is 4.79 Å². The number of hydrogen-bond acceptors (Lipinski definition) is 4. The van der Waals surface area contributed by atoms with Gasteiger partial charge in [0.05, 0.1) is 17.7 Å². The van der Waals surface area contributed by atoms with Gasteiger partial charge in [0.1, 0.15) is 11.7 Å². The Morgan fingerprint density at radius 3 is 2.93 bits per heavy atom. The zero-order chi connectivity index (χ0) is 18.7. The molecule has 1 unspecified atom stereocenters. The molecule has 1 atom stereocenters. The Hall–Kier alpha value is -3.14. The van der Waals surface area contributed by atoms with Crippen molar-refractivity contribution >= 4 is 16.9 Å². The van der Waals surface area contributed by atoms with Gasteiger partial charge in [0.25, 0.3) is 0 Å². The van der Waals surface area contributed by atoms with Gasteiger partial charge in [-0.3, -0.25) is 9.48 Å². The van der Waals surface area contributed by atoms with E-state index in [9.17, 15) is 4.79 Å². The van der Waals surface area contributed by atoms with Crippen molar-refractivity contribution in [2.75, 3.05) is 13.1 Å². The van der Waals surface area contributed by atoms with E-state index in [-0.39, 0.29) is 23.8 Å². The number of nitrogens with one attached hydrogen (secondary N) is 1. The summed E-state index contributed by atoms with van der Waals surface area (Å²) in [4.78, 5) is 22.4. The summed E-state index contributed by atoms with van der Waals surface area (Å²) in [5.74, 6) is 0.122. The standard InChI is InChI=1S/C20H20N6O/c1-11(2)18(20(27)25-8-12(6-21)9-25)26-10-14-5-13-7-23-19-16(13)15(3-4-22-19)17(14)24-26/h3-4,7,10-12,18H,5,8-9H2,1-2H3,(H,22,23). The Kier molecular flexibility index (Phi) is 3.38. The summed E-state index contributed by atoms with van der Waals surface area (Å²) in [6.45, 7) is 5.13. The van der Waals surface area contributed by atoms with Crippen LogP contribution >= 0.6 is 0 Å². The fourth-order valence-electron chi connectivity index (χ4n) is 4.22. The molecule has 1 aliphatic carbocycles. The fourth-order valence-corrected chi connectivity index (χ4v) is 4.22. The van der Waals surface area contributed by atoms with Gasteiger partial charge in [0.15, 0.2) is 0 Å². The van der Waals surface area contributed by atoms with Gasteiger partial charge in [-0.15, -0.1) is 0 Å². The third-order valence-electron chi connectivity index (χ3n) is 5.64. The minimum Gasteiger partial charge on any atom is -0.346 e. The number of likely N-dealkylation sites (tertiary alicyclic amines) is 1. The Morgan fingerprint density at radius 1 is 1.37 bits per heavy atom. The fraction of sp³-hybridized carbons (Fsp3) is 0.400. The van der Waals surface area contributed by atoms with E-state index in [1.807, 2.05) is 37.0 Å². The van der Waals surface area contributed by atoms with Crippen LogP contribution < -0.4 is 0 Å². The maximum Gasteiger partial charge on any atom is 0.247 e. The van der Waals surface area contributed by atoms with E-state index in [1.54, 1.807) is 11.1 Å². The van der Waals surface area contributed by atoms with Crippen molar-refractivity contribution in [3.63, 3.8) is 0 Å². The predicted octanol–water partition coefficient (Wildman–Crippen LogP) is 2.51. The number of hydrogen-bond donors (Lipinski definition) is 1. The summed E-state index contributed by atoms with van der Waals surface area (Å²) in [5, 5.41) is 15.0. The first-order valence-corrected chi connectivity index (χ1v) is 9.28. The van der Waals surface area contributed by atoms with Gasteiger partial charge in [-0.25, -0.2) is 4.98 Å². The quantitative estimate of drug-likeness (QED) is 0.608. The van der Waals surface area contributed by atoms with Crippen LogP contribution in [0.25, 0.3) is 22.3 Å². The molecule has 0 bridgehead atoms. The number of aromatic amines is 1. The molecular weight excluding hydrogens is 340 g/mol. The van der Waals surface area contributed by atoms with Crippen LogP contribution in [-0.2, 0) is 11.2 Å². The molecule has 3 aromatic rings. The van der Waals surface area contributed by atoms with Crippen LogP contribution in [0, 0.1) is 23.2 Å². The van der Waals surface area contributed by atoms with Crippen molar-refractivity contribution in [3.05, 3.63) is 35.8 Å². The second-order valence-corrected chi connectivity index (χ2v) is 7.81. The highest BCUT2D eigenvalue weighted by molar-refractivity contribution is 5.97. The highest BCUT2D eigenvalue weighted by Gasteiger charge is 2.37. The summed E-state index contributed by atoms with van der Waals surface area (Å²) in [6, 6.07) is 3.87. The predicted molar refractivity (Wildman–Crippen MR) is 99.7 cm³/mol. The molecule has 0 spiro atoms. The van der Waals surface area contributed by atoms with Crippen molar-refractivity contribution in [1.29, 1.82) is 5.26 Å². The molecule has 3 aromatic heterocycles. The lowest BCUT2D eigenvalue weighted by Crippen LogP contribution is -2.52. The molecule has 0 saturated carbocycles. The van der Waals surface area contributed by atoms with Crippen molar-refractivity contribution in [3.8, 4) is 17.3 Å². The van der Waals surface area contributed by atoms with E-state index in [0.29, 0.717) is 13.1 Å². The zero-order valence-corrected chi connectivity index (χ0v) is 15.3. The van der Waals surface area contributed by atoms with Gasteiger partial charge in [0, 0.05) is 54.6 Å². The molecule has 1 aliphatic heterocycles. The maximum absolute atomic E-state index is 13.0. The molecule has 1 saturated heterocycles. The number of nitrogens with zero attached hydrogens (tertiary/aromatic N) is 5. The Morgan fingerprint density at radius 2 is 2.19 bits per heavy atom. The molecule has 27 heavy (non-hydrogen) atoms. The number of H-pyrrole nitrogens is 1. The highest BCUT2D eigenvalue weighted by Crippen LogP contribution is 2.38. The van der Waals surface area contributed by atoms with Crippen molar-refractivity contribution in [1.82, 2.24) is 24.6 Å². The first-order chi connectivity index (χ1) is 13.1. The van der Waals surface area contributed by atoms with Crippen LogP contribution in [-0.4, -0.2) is 43.6 Å². The van der Waals surface area contributed by atoms with Crippen molar-refractivity contribution in [2.45, 2.75) is 26.3 Å². The number of pyridine rings is 1. The summed E-state index contributed by atoms with van der Waals surface area (Å²) >= 11 is 0. The molecule has 1 amide bonds. The Bertz CT molecular complexity index is 1100. The molecular formula is C20H20N6O. The average molecular weight is 360 g/mol. The summed E-state index contributed by atoms with van der Waals surface area (Å²) in [7, 11) is 0. The second kappa shape index (κ2) is 5.68. The molecule has 1 fully saturated rings. The van der Waals surface area contributed by atoms with E-state index in [4.69, 9.17) is 10.4 Å². The molecule has 136 valence electrons. The summed E-state index contributed by atoms with van der Waals surface area (Å²) in [5.41, 5.74) is 5.23. The number of aromatic nitrogens is 4. The lowest BCUT2D eigenvalue weighted by atomic mass is 9.93. The first kappa shape index (κ1) is 16.1. The number of rotatable bonds is 3. The van der Waals surface area contributed by atoms with Gasteiger partial charge < -0.3 is 9.88 Å². The number of fused-ring (bicyclic) bond motifs is 2. The third-order valence-corrected chi connectivity index (χ3v) is 5.64. The normalized spacial score (nSPS) is 16.9. The van der Waals surface area contributed by atoms with Crippen LogP contribution in [0.2, 0.25) is 0 Å². The average Bonchev–Trinajstić information content (AvgIpc) is 3.20. The van der Waals surface area contributed by atoms with Crippen LogP contribution in [0.5, 0.6) is 0 Å². The van der Waals surface area contributed by atoms with E-state index in [2.05, 4.69) is 16.0 Å². The Labute approximate surface area is 156 Å². The van der Waals surface area contributed by atoms with Crippen LogP contribution in [0.1, 0.15) is 31.0 Å². The Balaban J connectivity index is 1.53. The second-order valence-electron chi connectivity index (χ2n) is 7.81. The minimum absolute atomic E-state index is 0.0385. The number of nitriles is 1. The van der Waals surface area contributed by atoms with Crippen LogP contribution in [0.4, 0.5) is 0 Å². The van der Waals surface area contributed by atoms with Gasteiger partial charge >= 0.3 is 0 Å². The number of amides is 1. The van der Waals surface area contributed by atoms with Gasteiger partial charge in [-0.1, -0.05) is 13.8 Å². The summed E-state index contributed by atoms with van der Waals surface area (Å²) < 4.78 is 1.83. The molecule has 4 heterocycles. The van der Waals surface area contributed by atoms with E-state index >= 15 is 0 Å². The SMILES string of the molecule is CC(C)C(C(=O)N1CC(C#N)C1)n1cc2c(n1)-c1ccnc3[nH]cc(c13)C2. The minimum atomic E-state index is -0.353. The van der Waals surface area contributed by atoms with E-state index in [0.717, 1.165) is 34.3 Å². The molecule has 0 radical (unpaired) electrons. The summed E-state index contributed by atoms with van der Waals surface area (Å²) in [6.07, 6.45) is 6.60. The molecule has 0 aromatic carbocycles. The van der Waals surface area contributed by atoms with Gasteiger partial charge in [-0.2, -0.15) is 10.4 Å². The topological polar surface area (TPSA) is 90.6 Å². The van der Waals surface area contributed by atoms with Crippen molar-refractivity contribution in [2.24, 2.45) is 11.8 Å². The molecule has 7 nitrogen and oxygen atoms in total. The highest BCUT2D eigenvalue weighted by atomic mass is 16.2. The first-order valence-electron chi connectivity index (χ1n) is 9.28. The largest absolute Gasteiger partial charge is 0.346 e. The molecule has 2 aliphatic rings. The number of carbonyl (C=O) groups is 1. The number of carbonyl (C=O) groups excluding carboxylic acids is 1. The van der Waals surface area contributed by atoms with E-state index < -0.39 is 0 Å².